The summed E-state index contributed by atoms with van der Waals surface area (Å²) >= 11 is 0. The Kier molecular flexibility index (Phi) is 3.17. The van der Waals surface area contributed by atoms with Gasteiger partial charge in [-0.1, -0.05) is 6.07 Å². The van der Waals surface area contributed by atoms with Crippen molar-refractivity contribution >= 4 is 22.7 Å². The molecule has 0 aliphatic heterocycles. The Labute approximate surface area is 122 Å². The third-order valence-corrected chi connectivity index (χ3v) is 3.25. The monoisotopic (exact) mass is 301 g/mol. The molecule has 0 spiro atoms. The van der Waals surface area contributed by atoms with Gasteiger partial charge < -0.3 is 10.7 Å². The fourth-order valence-electron chi connectivity index (χ4n) is 2.21. The number of aromatic amines is 1. The quantitative estimate of drug-likeness (QED) is 0.727. The van der Waals surface area contributed by atoms with Gasteiger partial charge in [0.15, 0.2) is 5.78 Å². The Morgan fingerprint density at radius 1 is 1.14 bits per heavy atom. The molecule has 3 rings (SSSR count). The maximum atomic E-state index is 14.2. The topological polar surface area (TPSA) is 88.8 Å². The van der Waals surface area contributed by atoms with Crippen molar-refractivity contribution in [1.29, 1.82) is 0 Å². The summed E-state index contributed by atoms with van der Waals surface area (Å²) in [5.41, 5.74) is 4.72. The number of benzene rings is 1. The van der Waals surface area contributed by atoms with Crippen molar-refractivity contribution in [1.82, 2.24) is 9.97 Å². The lowest BCUT2D eigenvalue weighted by molar-refractivity contribution is 0.0996. The van der Waals surface area contributed by atoms with Crippen LogP contribution in [0.5, 0.6) is 0 Å². The highest BCUT2D eigenvalue weighted by Gasteiger charge is 2.21. The molecule has 0 bridgehead atoms. The average Bonchev–Trinajstić information content (AvgIpc) is 2.89. The van der Waals surface area contributed by atoms with Crippen LogP contribution < -0.4 is 5.73 Å². The lowest BCUT2D eigenvalue weighted by atomic mass is 10.0. The van der Waals surface area contributed by atoms with Crippen molar-refractivity contribution in [2.24, 2.45) is 5.73 Å². The van der Waals surface area contributed by atoms with Crippen LogP contribution in [0.2, 0.25) is 0 Å². The standard InChI is InChI=1S/C15H9F2N3O2/c16-7-4-10-11(6-20-15(10)19-5-7)13(21)8-2-1-3-9(12(8)17)14(18)22/h1-6H,(H2,18,22)(H,19,20). The Morgan fingerprint density at radius 3 is 2.59 bits per heavy atom. The average molecular weight is 301 g/mol. The molecule has 2 aromatic heterocycles. The van der Waals surface area contributed by atoms with Crippen LogP contribution in [0.3, 0.4) is 0 Å². The molecule has 0 aliphatic rings. The summed E-state index contributed by atoms with van der Waals surface area (Å²) < 4.78 is 27.5. The Bertz CT molecular complexity index is 918. The van der Waals surface area contributed by atoms with Gasteiger partial charge in [-0.05, 0) is 18.2 Å². The molecular weight excluding hydrogens is 292 g/mol. The van der Waals surface area contributed by atoms with E-state index in [4.69, 9.17) is 5.73 Å². The summed E-state index contributed by atoms with van der Waals surface area (Å²) in [5, 5.41) is 0.230. The molecule has 110 valence electrons. The van der Waals surface area contributed by atoms with E-state index in [0.717, 1.165) is 12.3 Å². The van der Waals surface area contributed by atoms with E-state index in [9.17, 15) is 18.4 Å². The number of halogens is 2. The van der Waals surface area contributed by atoms with Gasteiger partial charge in [-0.25, -0.2) is 13.8 Å². The van der Waals surface area contributed by atoms with Crippen LogP contribution in [0.1, 0.15) is 26.3 Å². The number of aromatic nitrogens is 2. The van der Waals surface area contributed by atoms with Crippen LogP contribution in [-0.4, -0.2) is 21.7 Å². The third kappa shape index (κ3) is 2.12. The van der Waals surface area contributed by atoms with E-state index in [-0.39, 0.29) is 22.1 Å². The van der Waals surface area contributed by atoms with Gasteiger partial charge in [0, 0.05) is 17.1 Å². The maximum absolute atomic E-state index is 14.2. The van der Waals surface area contributed by atoms with E-state index < -0.39 is 23.3 Å². The number of nitrogens with zero attached hydrogens (tertiary/aromatic N) is 1. The van der Waals surface area contributed by atoms with Crippen molar-refractivity contribution in [2.45, 2.75) is 0 Å². The van der Waals surface area contributed by atoms with Crippen LogP contribution in [-0.2, 0) is 0 Å². The zero-order valence-electron chi connectivity index (χ0n) is 11.1. The van der Waals surface area contributed by atoms with Gasteiger partial charge in [0.2, 0.25) is 0 Å². The molecule has 0 saturated heterocycles. The number of hydrogen-bond donors (Lipinski definition) is 2. The number of fused-ring (bicyclic) bond motifs is 1. The van der Waals surface area contributed by atoms with Gasteiger partial charge in [-0.2, -0.15) is 0 Å². The summed E-state index contributed by atoms with van der Waals surface area (Å²) in [6.45, 7) is 0. The molecular formula is C15H9F2N3O2. The largest absolute Gasteiger partial charge is 0.366 e. The number of H-pyrrole nitrogens is 1. The molecule has 2 heterocycles. The van der Waals surface area contributed by atoms with Gasteiger partial charge in [0.1, 0.15) is 17.3 Å². The molecule has 22 heavy (non-hydrogen) atoms. The summed E-state index contributed by atoms with van der Waals surface area (Å²) in [7, 11) is 0. The zero-order chi connectivity index (χ0) is 15.9. The number of primary amides is 1. The SMILES string of the molecule is NC(=O)c1cccc(C(=O)c2c[nH]c3ncc(F)cc23)c1F. The minimum absolute atomic E-state index is 0.0579. The molecule has 1 aromatic carbocycles. The van der Waals surface area contributed by atoms with Crippen molar-refractivity contribution < 1.29 is 18.4 Å². The van der Waals surface area contributed by atoms with E-state index in [0.29, 0.717) is 5.65 Å². The first-order valence-corrected chi connectivity index (χ1v) is 6.24. The highest BCUT2D eigenvalue weighted by Crippen LogP contribution is 2.23. The van der Waals surface area contributed by atoms with Gasteiger partial charge in [0.25, 0.3) is 5.91 Å². The number of carbonyl (C=O) groups excluding carboxylic acids is 2. The van der Waals surface area contributed by atoms with E-state index in [1.54, 1.807) is 0 Å². The number of pyridine rings is 1. The number of nitrogens with one attached hydrogen (secondary N) is 1. The normalized spacial score (nSPS) is 10.8. The molecule has 7 heteroatoms. The van der Waals surface area contributed by atoms with E-state index >= 15 is 0 Å². The fraction of sp³-hybridized carbons (Fsp3) is 0. The number of hydrogen-bond acceptors (Lipinski definition) is 3. The number of carbonyl (C=O) groups is 2. The van der Waals surface area contributed by atoms with E-state index in [2.05, 4.69) is 9.97 Å². The molecule has 0 saturated carbocycles. The van der Waals surface area contributed by atoms with Crippen molar-refractivity contribution in [3.63, 3.8) is 0 Å². The predicted octanol–water partition coefficient (Wildman–Crippen LogP) is 2.17. The molecule has 0 aliphatic carbocycles. The Hall–Kier alpha value is -3.09. The second-order valence-corrected chi connectivity index (χ2v) is 4.61. The second-order valence-electron chi connectivity index (χ2n) is 4.61. The molecule has 1 amide bonds. The summed E-state index contributed by atoms with van der Waals surface area (Å²) in [5.74, 6) is -3.29. The molecule has 0 radical (unpaired) electrons. The van der Waals surface area contributed by atoms with Crippen LogP contribution in [0.4, 0.5) is 8.78 Å². The lowest BCUT2D eigenvalue weighted by Crippen LogP contribution is -2.16. The van der Waals surface area contributed by atoms with Crippen LogP contribution >= 0.6 is 0 Å². The van der Waals surface area contributed by atoms with Crippen molar-refractivity contribution in [2.75, 3.05) is 0 Å². The summed E-state index contributed by atoms with van der Waals surface area (Å²) in [4.78, 5) is 30.1. The fourth-order valence-corrected chi connectivity index (χ4v) is 2.21. The second kappa shape index (κ2) is 5.03. The molecule has 0 unspecified atom stereocenters. The maximum Gasteiger partial charge on any atom is 0.251 e. The molecule has 0 atom stereocenters. The highest BCUT2D eigenvalue weighted by molar-refractivity contribution is 6.16. The minimum Gasteiger partial charge on any atom is -0.366 e. The highest BCUT2D eigenvalue weighted by atomic mass is 19.1. The first-order chi connectivity index (χ1) is 10.5. The number of rotatable bonds is 3. The molecule has 0 fully saturated rings. The number of nitrogens with two attached hydrogens (primary N) is 1. The lowest BCUT2D eigenvalue weighted by Gasteiger charge is -2.04. The number of ketones is 1. The van der Waals surface area contributed by atoms with Crippen molar-refractivity contribution in [3.05, 3.63) is 65.0 Å². The summed E-state index contributed by atoms with van der Waals surface area (Å²) in [6, 6.07) is 4.90. The van der Waals surface area contributed by atoms with Crippen LogP contribution in [0.25, 0.3) is 11.0 Å². The molecule has 3 aromatic rings. The third-order valence-electron chi connectivity index (χ3n) is 3.25. The van der Waals surface area contributed by atoms with Gasteiger partial charge in [-0.3, -0.25) is 9.59 Å². The first kappa shape index (κ1) is 13.9. The van der Waals surface area contributed by atoms with Crippen LogP contribution in [0, 0.1) is 11.6 Å². The van der Waals surface area contributed by atoms with Crippen molar-refractivity contribution in [3.8, 4) is 0 Å². The smallest absolute Gasteiger partial charge is 0.251 e. The first-order valence-electron chi connectivity index (χ1n) is 6.24. The summed E-state index contributed by atoms with van der Waals surface area (Å²) in [6.07, 6.45) is 2.32. The number of amides is 1. The Balaban J connectivity index is 2.16. The van der Waals surface area contributed by atoms with Gasteiger partial charge in [-0.15, -0.1) is 0 Å². The van der Waals surface area contributed by atoms with Crippen LogP contribution in [0.15, 0.2) is 36.7 Å². The molecule has 3 N–H and O–H groups in total. The van der Waals surface area contributed by atoms with E-state index in [1.807, 2.05) is 0 Å². The zero-order valence-corrected chi connectivity index (χ0v) is 11.1. The van der Waals surface area contributed by atoms with Gasteiger partial charge >= 0.3 is 0 Å². The molecule has 5 nitrogen and oxygen atoms in total. The predicted molar refractivity (Wildman–Crippen MR) is 74.4 cm³/mol. The Morgan fingerprint density at radius 2 is 1.86 bits per heavy atom. The van der Waals surface area contributed by atoms with E-state index in [1.165, 1.54) is 24.4 Å². The minimum atomic E-state index is -1.00. The van der Waals surface area contributed by atoms with Gasteiger partial charge in [0.05, 0.1) is 17.3 Å².